The van der Waals surface area contributed by atoms with Crippen LogP contribution in [0.25, 0.3) is 0 Å². The van der Waals surface area contributed by atoms with Crippen LogP contribution in [0.2, 0.25) is 0 Å². The zero-order valence-corrected chi connectivity index (χ0v) is 15.8. The first-order valence-corrected chi connectivity index (χ1v) is 9.30. The topological polar surface area (TPSA) is 70.7 Å². The van der Waals surface area contributed by atoms with Gasteiger partial charge in [-0.25, -0.2) is 4.79 Å². The number of carbonyl (C=O) groups is 2. The summed E-state index contributed by atoms with van der Waals surface area (Å²) in [5.41, 5.74) is 1.55. The molecule has 9 heteroatoms. The van der Waals surface area contributed by atoms with E-state index in [2.05, 4.69) is 22.0 Å². The molecule has 2 rings (SSSR count). The van der Waals surface area contributed by atoms with Gasteiger partial charge in [-0.05, 0) is 31.5 Å². The van der Waals surface area contributed by atoms with Gasteiger partial charge in [0.1, 0.15) is 6.54 Å². The average Bonchev–Trinajstić information content (AvgIpc) is 2.66. The lowest BCUT2D eigenvalue weighted by molar-refractivity contribution is -0.160. The van der Waals surface area contributed by atoms with Crippen molar-refractivity contribution in [3.63, 3.8) is 0 Å². The molecule has 6 nitrogen and oxygen atoms in total. The Bertz CT molecular complexity index is 661. The van der Waals surface area contributed by atoms with Crippen LogP contribution in [0.4, 0.5) is 23.7 Å². The Labute approximate surface area is 162 Å². The predicted octanol–water partition coefficient (Wildman–Crippen LogP) is 3.68. The van der Waals surface area contributed by atoms with Gasteiger partial charge in [0.05, 0.1) is 0 Å². The zero-order valence-electron chi connectivity index (χ0n) is 15.8. The molecular weight excluding hydrogens is 375 g/mol. The molecule has 0 atom stereocenters. The highest BCUT2D eigenvalue weighted by atomic mass is 19.4. The molecule has 0 heterocycles. The summed E-state index contributed by atoms with van der Waals surface area (Å²) in [6.07, 6.45) is 0.146. The number of nitrogens with zero attached hydrogens (tertiary/aromatic N) is 1. The highest BCUT2D eigenvalue weighted by molar-refractivity contribution is 5.94. The van der Waals surface area contributed by atoms with Crippen LogP contribution in [-0.4, -0.2) is 49.3 Å². The Morgan fingerprint density at radius 3 is 2.54 bits per heavy atom. The Hall–Kier alpha value is -2.29. The lowest BCUT2D eigenvalue weighted by Gasteiger charge is -2.31. The zero-order chi connectivity index (χ0) is 20.6. The van der Waals surface area contributed by atoms with Gasteiger partial charge < -0.3 is 15.4 Å². The molecule has 0 spiro atoms. The second-order valence-electron chi connectivity index (χ2n) is 6.96. The molecule has 0 saturated heterocycles. The van der Waals surface area contributed by atoms with E-state index < -0.39 is 31.3 Å². The summed E-state index contributed by atoms with van der Waals surface area (Å²) in [6, 6.07) is 7.85. The molecule has 1 aliphatic rings. The summed E-state index contributed by atoms with van der Waals surface area (Å²) in [5, 5.41) is 4.69. The summed E-state index contributed by atoms with van der Waals surface area (Å²) >= 11 is 0. The van der Waals surface area contributed by atoms with Crippen LogP contribution in [0.5, 0.6) is 0 Å². The van der Waals surface area contributed by atoms with Gasteiger partial charge >= 0.3 is 12.3 Å². The third-order valence-electron chi connectivity index (χ3n) is 4.67. The Morgan fingerprint density at radius 1 is 1.18 bits per heavy atom. The number of para-hydroxylation sites is 1. The monoisotopic (exact) mass is 401 g/mol. The second kappa shape index (κ2) is 10.3. The van der Waals surface area contributed by atoms with E-state index >= 15 is 0 Å². The average molecular weight is 401 g/mol. The summed E-state index contributed by atoms with van der Waals surface area (Å²) in [5.74, 6) is -0.545. The highest BCUT2D eigenvalue weighted by Crippen LogP contribution is 2.24. The number of alkyl halides is 3. The standard InChI is InChI=1S/C19H26F3N3O3/c1-25(15-8-3-2-4-9-15)12-14-7-5-6-10-16(14)24-17(26)11-23-18(27)28-13-19(20,21)22/h5-7,10,15H,2-4,8-9,11-13H2,1H3,(H,23,27)(H,24,26). The van der Waals surface area contributed by atoms with Gasteiger partial charge in [-0.1, -0.05) is 37.5 Å². The molecule has 1 fully saturated rings. The lowest BCUT2D eigenvalue weighted by atomic mass is 9.94. The molecule has 156 valence electrons. The highest BCUT2D eigenvalue weighted by Gasteiger charge is 2.29. The molecule has 0 radical (unpaired) electrons. The van der Waals surface area contributed by atoms with Gasteiger partial charge in [-0.2, -0.15) is 13.2 Å². The number of amides is 2. The van der Waals surface area contributed by atoms with Gasteiger partial charge in [0.15, 0.2) is 6.61 Å². The summed E-state index contributed by atoms with van der Waals surface area (Å²) in [4.78, 5) is 25.5. The van der Waals surface area contributed by atoms with Crippen LogP contribution in [0, 0.1) is 0 Å². The third kappa shape index (κ3) is 7.75. The molecular formula is C19H26F3N3O3. The molecule has 2 N–H and O–H groups in total. The maximum Gasteiger partial charge on any atom is 0.422 e. The number of benzene rings is 1. The maximum absolute atomic E-state index is 12.0. The largest absolute Gasteiger partial charge is 0.440 e. The smallest absolute Gasteiger partial charge is 0.422 e. The summed E-state index contributed by atoms with van der Waals surface area (Å²) in [6.45, 7) is -1.51. The predicted molar refractivity (Wildman–Crippen MR) is 98.8 cm³/mol. The molecule has 0 aromatic heterocycles. The van der Waals surface area contributed by atoms with E-state index in [-0.39, 0.29) is 0 Å². The first kappa shape index (κ1) is 22.0. The normalized spacial score (nSPS) is 15.3. The molecule has 0 aliphatic heterocycles. The van der Waals surface area contributed by atoms with Crippen molar-refractivity contribution in [2.75, 3.05) is 25.5 Å². The maximum atomic E-state index is 12.0. The number of rotatable bonds is 7. The van der Waals surface area contributed by atoms with Crippen LogP contribution >= 0.6 is 0 Å². The molecule has 2 amide bonds. The van der Waals surface area contributed by atoms with E-state index in [1.165, 1.54) is 19.3 Å². The van der Waals surface area contributed by atoms with Gasteiger partial charge in [0.2, 0.25) is 5.91 Å². The first-order valence-electron chi connectivity index (χ1n) is 9.30. The number of hydrogen-bond donors (Lipinski definition) is 2. The number of alkyl carbamates (subject to hydrolysis) is 1. The third-order valence-corrected chi connectivity index (χ3v) is 4.67. The fraction of sp³-hybridized carbons (Fsp3) is 0.579. The van der Waals surface area contributed by atoms with Crippen LogP contribution in [0.15, 0.2) is 24.3 Å². The number of ether oxygens (including phenoxy) is 1. The fourth-order valence-corrected chi connectivity index (χ4v) is 3.24. The van der Waals surface area contributed by atoms with Crippen molar-refractivity contribution in [3.8, 4) is 0 Å². The lowest BCUT2D eigenvalue weighted by Crippen LogP contribution is -2.35. The molecule has 1 aromatic carbocycles. The van der Waals surface area contributed by atoms with Crippen molar-refractivity contribution in [1.29, 1.82) is 0 Å². The van der Waals surface area contributed by atoms with Gasteiger partial charge in [0, 0.05) is 18.3 Å². The first-order chi connectivity index (χ1) is 13.2. The van der Waals surface area contributed by atoms with Crippen molar-refractivity contribution in [1.82, 2.24) is 10.2 Å². The SMILES string of the molecule is CN(Cc1ccccc1NC(=O)CNC(=O)OCC(F)(F)F)C1CCCCC1. The van der Waals surface area contributed by atoms with Crippen LogP contribution in [0.1, 0.15) is 37.7 Å². The molecule has 0 bridgehead atoms. The van der Waals surface area contributed by atoms with Gasteiger partial charge in [-0.15, -0.1) is 0 Å². The van der Waals surface area contributed by atoms with E-state index in [1.807, 2.05) is 17.4 Å². The second-order valence-corrected chi connectivity index (χ2v) is 6.96. The minimum Gasteiger partial charge on any atom is -0.440 e. The number of nitrogens with one attached hydrogen (secondary N) is 2. The van der Waals surface area contributed by atoms with E-state index in [0.29, 0.717) is 18.3 Å². The van der Waals surface area contributed by atoms with Crippen molar-refractivity contribution in [3.05, 3.63) is 29.8 Å². The molecule has 1 aromatic rings. The number of hydrogen-bond acceptors (Lipinski definition) is 4. The van der Waals surface area contributed by atoms with Crippen LogP contribution < -0.4 is 10.6 Å². The summed E-state index contributed by atoms with van der Waals surface area (Å²) < 4.78 is 40.0. The van der Waals surface area contributed by atoms with E-state index in [1.54, 1.807) is 12.1 Å². The number of carbonyl (C=O) groups excluding carboxylic acids is 2. The van der Waals surface area contributed by atoms with Crippen molar-refractivity contribution in [2.24, 2.45) is 0 Å². The fourth-order valence-electron chi connectivity index (χ4n) is 3.24. The van der Waals surface area contributed by atoms with Crippen molar-refractivity contribution >= 4 is 17.7 Å². The molecule has 0 unspecified atom stereocenters. The van der Waals surface area contributed by atoms with E-state index in [0.717, 1.165) is 18.4 Å². The Balaban J connectivity index is 1.84. The van der Waals surface area contributed by atoms with Crippen molar-refractivity contribution in [2.45, 2.75) is 50.9 Å². The minimum absolute atomic E-state index is 0.483. The molecule has 1 aliphatic carbocycles. The van der Waals surface area contributed by atoms with Gasteiger partial charge in [-0.3, -0.25) is 9.69 Å². The van der Waals surface area contributed by atoms with Crippen LogP contribution in [0.3, 0.4) is 0 Å². The molecule has 1 saturated carbocycles. The number of anilines is 1. The Kier molecular flexibility index (Phi) is 8.10. The van der Waals surface area contributed by atoms with Crippen LogP contribution in [-0.2, 0) is 16.1 Å². The quantitative estimate of drug-likeness (QED) is 0.731. The number of halogens is 3. The Morgan fingerprint density at radius 2 is 1.86 bits per heavy atom. The van der Waals surface area contributed by atoms with Gasteiger partial charge in [0.25, 0.3) is 0 Å². The molecule has 28 heavy (non-hydrogen) atoms. The minimum atomic E-state index is -4.61. The van der Waals surface area contributed by atoms with Crippen molar-refractivity contribution < 1.29 is 27.5 Å². The summed E-state index contributed by atoms with van der Waals surface area (Å²) in [7, 11) is 2.06. The van der Waals surface area contributed by atoms with E-state index in [9.17, 15) is 22.8 Å². The van der Waals surface area contributed by atoms with E-state index in [4.69, 9.17) is 0 Å².